The number of carbonyl (C=O) groups is 2. The van der Waals surface area contributed by atoms with Gasteiger partial charge in [0, 0.05) is 40.5 Å². The van der Waals surface area contributed by atoms with Crippen LogP contribution in [0, 0.1) is 0 Å². The van der Waals surface area contributed by atoms with Crippen molar-refractivity contribution >= 4 is 46.7 Å². The van der Waals surface area contributed by atoms with E-state index in [-0.39, 0.29) is 11.9 Å². The molecule has 7 heteroatoms. The summed E-state index contributed by atoms with van der Waals surface area (Å²) in [6, 6.07) is 14.2. The van der Waals surface area contributed by atoms with Crippen molar-refractivity contribution < 1.29 is 9.59 Å². The maximum Gasteiger partial charge on any atom is 0.318 e. The summed E-state index contributed by atoms with van der Waals surface area (Å²) < 4.78 is 0. The van der Waals surface area contributed by atoms with Crippen molar-refractivity contribution in [1.82, 2.24) is 5.32 Å². The average Bonchev–Trinajstić information content (AvgIpc) is 2.58. The van der Waals surface area contributed by atoms with Crippen LogP contribution in [0.1, 0.15) is 6.42 Å². The Morgan fingerprint density at radius 3 is 2.12 bits per heavy atom. The first kappa shape index (κ1) is 18.2. The van der Waals surface area contributed by atoms with E-state index in [1.807, 2.05) is 24.3 Å². The minimum Gasteiger partial charge on any atom is -0.341 e. The Morgan fingerprint density at radius 2 is 1.54 bits per heavy atom. The molecule has 0 radical (unpaired) electrons. The van der Waals surface area contributed by atoms with Crippen LogP contribution in [0.15, 0.2) is 53.4 Å². The largest absolute Gasteiger partial charge is 0.341 e. The Hall–Kier alpha value is -2.18. The van der Waals surface area contributed by atoms with Gasteiger partial charge >= 0.3 is 6.03 Å². The Morgan fingerprint density at radius 1 is 0.958 bits per heavy atom. The molecular weight excluding hydrogens is 346 g/mol. The zero-order valence-electron chi connectivity index (χ0n) is 13.1. The van der Waals surface area contributed by atoms with E-state index in [1.165, 1.54) is 0 Å². The van der Waals surface area contributed by atoms with Crippen molar-refractivity contribution in [2.75, 3.05) is 23.4 Å². The first-order valence-corrected chi connectivity index (χ1v) is 8.70. The lowest BCUT2D eigenvalue weighted by Crippen LogP contribution is -2.24. The summed E-state index contributed by atoms with van der Waals surface area (Å²) >= 11 is 7.44. The van der Waals surface area contributed by atoms with Crippen LogP contribution in [0.5, 0.6) is 0 Å². The van der Waals surface area contributed by atoms with Crippen molar-refractivity contribution in [3.8, 4) is 0 Å². The molecule has 2 aromatic carbocycles. The number of carbonyl (C=O) groups excluding carboxylic acids is 2. The first-order valence-electron chi connectivity index (χ1n) is 7.34. The summed E-state index contributed by atoms with van der Waals surface area (Å²) in [7, 11) is 1.55. The lowest BCUT2D eigenvalue weighted by molar-refractivity contribution is -0.115. The fraction of sp³-hybridized carbons (Fsp3) is 0.176. The van der Waals surface area contributed by atoms with Crippen LogP contribution in [-0.2, 0) is 4.79 Å². The minimum atomic E-state index is -0.286. The van der Waals surface area contributed by atoms with E-state index < -0.39 is 0 Å². The topological polar surface area (TPSA) is 70.2 Å². The van der Waals surface area contributed by atoms with Crippen LogP contribution >= 0.6 is 23.4 Å². The standard InChI is InChI=1S/C17H18ClN3O2S/c1-19-17(23)21-14-6-4-13(5-7-14)20-16(22)10-11-24-15-8-2-12(18)3-9-15/h2-9H,10-11H2,1H3,(H,20,22)(H2,19,21,23). The van der Waals surface area contributed by atoms with Gasteiger partial charge in [-0.2, -0.15) is 0 Å². The molecule has 0 saturated carbocycles. The fourth-order valence-electron chi connectivity index (χ4n) is 1.85. The predicted octanol–water partition coefficient (Wildman–Crippen LogP) is 4.21. The second-order valence-corrected chi connectivity index (χ2v) is 6.49. The van der Waals surface area contributed by atoms with E-state index in [9.17, 15) is 9.59 Å². The monoisotopic (exact) mass is 363 g/mol. The van der Waals surface area contributed by atoms with Crippen LogP contribution in [0.2, 0.25) is 5.02 Å². The van der Waals surface area contributed by atoms with E-state index in [0.29, 0.717) is 28.6 Å². The van der Waals surface area contributed by atoms with Crippen molar-refractivity contribution in [3.05, 3.63) is 53.6 Å². The normalized spacial score (nSPS) is 10.1. The molecule has 3 N–H and O–H groups in total. The number of rotatable bonds is 6. The van der Waals surface area contributed by atoms with Crippen molar-refractivity contribution in [2.24, 2.45) is 0 Å². The summed E-state index contributed by atoms with van der Waals surface area (Å²) in [5.74, 6) is 0.632. The third kappa shape index (κ3) is 6.14. The Balaban J connectivity index is 1.75. The molecule has 126 valence electrons. The third-order valence-electron chi connectivity index (χ3n) is 3.07. The average molecular weight is 364 g/mol. The summed E-state index contributed by atoms with van der Waals surface area (Å²) in [4.78, 5) is 24.2. The van der Waals surface area contributed by atoms with Crippen molar-refractivity contribution in [3.63, 3.8) is 0 Å². The number of amides is 3. The summed E-state index contributed by atoms with van der Waals surface area (Å²) in [6.45, 7) is 0. The third-order valence-corrected chi connectivity index (χ3v) is 4.33. The first-order chi connectivity index (χ1) is 11.6. The smallest absolute Gasteiger partial charge is 0.318 e. The molecular formula is C17H18ClN3O2S. The van der Waals surface area contributed by atoms with Gasteiger partial charge in [-0.1, -0.05) is 11.6 Å². The van der Waals surface area contributed by atoms with Gasteiger partial charge in [0.1, 0.15) is 0 Å². The van der Waals surface area contributed by atoms with Crippen molar-refractivity contribution in [1.29, 1.82) is 0 Å². The van der Waals surface area contributed by atoms with Gasteiger partial charge in [-0.15, -0.1) is 11.8 Å². The Kier molecular flexibility index (Phi) is 6.96. The summed E-state index contributed by atoms with van der Waals surface area (Å²) in [6.07, 6.45) is 0.408. The number of halogens is 1. The van der Waals surface area contributed by atoms with Gasteiger partial charge in [0.25, 0.3) is 0 Å². The zero-order valence-corrected chi connectivity index (χ0v) is 14.7. The second-order valence-electron chi connectivity index (χ2n) is 4.88. The van der Waals surface area contributed by atoms with E-state index in [0.717, 1.165) is 4.90 Å². The lowest BCUT2D eigenvalue weighted by atomic mass is 10.2. The van der Waals surface area contributed by atoms with Crippen LogP contribution in [0.4, 0.5) is 16.2 Å². The Labute approximate surface area is 150 Å². The highest BCUT2D eigenvalue weighted by molar-refractivity contribution is 7.99. The molecule has 0 aliphatic carbocycles. The van der Waals surface area contributed by atoms with Gasteiger partial charge < -0.3 is 16.0 Å². The molecule has 0 aliphatic heterocycles. The highest BCUT2D eigenvalue weighted by Crippen LogP contribution is 2.21. The Bertz CT molecular complexity index is 690. The molecule has 2 rings (SSSR count). The number of hydrogen-bond donors (Lipinski definition) is 3. The van der Waals surface area contributed by atoms with Crippen LogP contribution in [0.3, 0.4) is 0 Å². The molecule has 0 atom stereocenters. The van der Waals surface area contributed by atoms with Crippen LogP contribution < -0.4 is 16.0 Å². The van der Waals surface area contributed by atoms with Gasteiger partial charge in [0.2, 0.25) is 5.91 Å². The number of thioether (sulfide) groups is 1. The predicted molar refractivity (Wildman–Crippen MR) is 99.9 cm³/mol. The minimum absolute atomic E-state index is 0.0523. The molecule has 24 heavy (non-hydrogen) atoms. The van der Waals surface area contributed by atoms with Gasteiger partial charge in [0.05, 0.1) is 0 Å². The molecule has 0 heterocycles. The number of anilines is 2. The number of benzene rings is 2. The van der Waals surface area contributed by atoms with Crippen LogP contribution in [0.25, 0.3) is 0 Å². The molecule has 0 aliphatic rings. The van der Waals surface area contributed by atoms with E-state index in [2.05, 4.69) is 16.0 Å². The molecule has 0 aromatic heterocycles. The lowest BCUT2D eigenvalue weighted by Gasteiger charge is -2.08. The SMILES string of the molecule is CNC(=O)Nc1ccc(NC(=O)CCSc2ccc(Cl)cc2)cc1. The second kappa shape index (κ2) is 9.20. The molecule has 2 aromatic rings. The maximum absolute atomic E-state index is 11.9. The van der Waals surface area contributed by atoms with E-state index >= 15 is 0 Å². The molecule has 5 nitrogen and oxygen atoms in total. The van der Waals surface area contributed by atoms with Crippen molar-refractivity contribution in [2.45, 2.75) is 11.3 Å². The molecule has 0 unspecified atom stereocenters. The van der Waals surface area contributed by atoms with E-state index in [1.54, 1.807) is 43.1 Å². The number of hydrogen-bond acceptors (Lipinski definition) is 3. The molecule has 3 amide bonds. The molecule has 0 bridgehead atoms. The summed E-state index contributed by atoms with van der Waals surface area (Å²) in [5.41, 5.74) is 1.35. The number of urea groups is 1. The molecule has 0 saturated heterocycles. The van der Waals surface area contributed by atoms with E-state index in [4.69, 9.17) is 11.6 Å². The highest BCUT2D eigenvalue weighted by atomic mass is 35.5. The quantitative estimate of drug-likeness (QED) is 0.673. The maximum atomic E-state index is 11.9. The fourth-order valence-corrected chi connectivity index (χ4v) is 2.82. The van der Waals surface area contributed by atoms with Gasteiger partial charge in [-0.25, -0.2) is 4.79 Å². The molecule has 0 fully saturated rings. The highest BCUT2D eigenvalue weighted by Gasteiger charge is 2.04. The summed E-state index contributed by atoms with van der Waals surface area (Å²) in [5, 5.41) is 8.65. The van der Waals surface area contributed by atoms with Gasteiger partial charge in [-0.3, -0.25) is 4.79 Å². The van der Waals surface area contributed by atoms with Gasteiger partial charge in [-0.05, 0) is 48.5 Å². The number of nitrogens with one attached hydrogen (secondary N) is 3. The molecule has 0 spiro atoms. The van der Waals surface area contributed by atoms with Crippen LogP contribution in [-0.4, -0.2) is 24.7 Å². The zero-order chi connectivity index (χ0) is 17.4. The van der Waals surface area contributed by atoms with Gasteiger partial charge in [0.15, 0.2) is 0 Å².